The Morgan fingerprint density at radius 2 is 1.78 bits per heavy atom. The van der Waals surface area contributed by atoms with E-state index < -0.39 is 9.85 Å². The van der Waals surface area contributed by atoms with Crippen molar-refractivity contribution in [3.63, 3.8) is 0 Å². The Morgan fingerprint density at radius 1 is 1.03 bits per heavy atom. The summed E-state index contributed by atoms with van der Waals surface area (Å²) in [5.41, 5.74) is 5.05. The molecule has 0 radical (unpaired) electrons. The number of nitrogens with one attached hydrogen (secondary N) is 1. The highest BCUT2D eigenvalue weighted by Gasteiger charge is 2.22. The summed E-state index contributed by atoms with van der Waals surface area (Å²) in [5, 5.41) is 26.5. The first-order valence-corrected chi connectivity index (χ1v) is 9.45. The lowest BCUT2D eigenvalue weighted by Gasteiger charge is -2.12. The van der Waals surface area contributed by atoms with E-state index in [1.807, 2.05) is 31.2 Å². The molecule has 0 saturated carbocycles. The van der Waals surface area contributed by atoms with Crippen molar-refractivity contribution in [1.29, 1.82) is 0 Å². The van der Waals surface area contributed by atoms with Crippen LogP contribution in [0.4, 0.5) is 17.1 Å². The SMILES string of the molecule is COc1cc(C=NNc2cccc([N+](=O)[O-])c2)cc([N+](=O)[O-])c1OCc1ccc(C)cc1. The van der Waals surface area contributed by atoms with Crippen LogP contribution < -0.4 is 14.9 Å². The Bertz CT molecular complexity index is 1160. The largest absolute Gasteiger partial charge is 0.493 e. The highest BCUT2D eigenvalue weighted by atomic mass is 16.6. The average molecular weight is 436 g/mol. The molecule has 0 aliphatic carbocycles. The van der Waals surface area contributed by atoms with Gasteiger partial charge in [0.2, 0.25) is 5.75 Å². The zero-order valence-electron chi connectivity index (χ0n) is 17.3. The van der Waals surface area contributed by atoms with Gasteiger partial charge in [0, 0.05) is 23.8 Å². The lowest BCUT2D eigenvalue weighted by atomic mass is 10.1. The second kappa shape index (κ2) is 10.0. The van der Waals surface area contributed by atoms with Crippen LogP contribution in [-0.2, 0) is 6.61 Å². The summed E-state index contributed by atoms with van der Waals surface area (Å²) in [5.74, 6) is 0.199. The molecule has 0 aliphatic rings. The van der Waals surface area contributed by atoms with E-state index in [4.69, 9.17) is 9.47 Å². The molecule has 3 rings (SSSR count). The number of hydrazone groups is 1. The van der Waals surface area contributed by atoms with Crippen LogP contribution in [0.1, 0.15) is 16.7 Å². The third-order valence-electron chi connectivity index (χ3n) is 4.44. The predicted octanol–water partition coefficient (Wildman–Crippen LogP) is 4.85. The minimum atomic E-state index is -0.557. The smallest absolute Gasteiger partial charge is 0.315 e. The molecule has 10 nitrogen and oxygen atoms in total. The molecule has 0 aliphatic heterocycles. The molecule has 164 valence electrons. The summed E-state index contributed by atoms with van der Waals surface area (Å²) in [4.78, 5) is 21.4. The van der Waals surface area contributed by atoms with Gasteiger partial charge in [-0.05, 0) is 24.6 Å². The summed E-state index contributed by atoms with van der Waals surface area (Å²) < 4.78 is 11.0. The fraction of sp³-hybridized carbons (Fsp3) is 0.136. The zero-order valence-corrected chi connectivity index (χ0v) is 17.3. The third-order valence-corrected chi connectivity index (χ3v) is 4.44. The molecule has 3 aromatic rings. The summed E-state index contributed by atoms with van der Waals surface area (Å²) >= 11 is 0. The maximum absolute atomic E-state index is 11.6. The molecule has 0 heterocycles. The summed E-state index contributed by atoms with van der Waals surface area (Å²) in [6.07, 6.45) is 1.35. The minimum Gasteiger partial charge on any atom is -0.493 e. The molecule has 0 amide bonds. The van der Waals surface area contributed by atoms with E-state index in [-0.39, 0.29) is 29.5 Å². The van der Waals surface area contributed by atoms with Crippen molar-refractivity contribution in [2.45, 2.75) is 13.5 Å². The number of hydrogen-bond acceptors (Lipinski definition) is 8. The van der Waals surface area contributed by atoms with E-state index in [1.165, 1.54) is 37.6 Å². The quantitative estimate of drug-likeness (QED) is 0.288. The number of aryl methyl sites for hydroxylation is 1. The highest BCUT2D eigenvalue weighted by molar-refractivity contribution is 5.83. The molecule has 0 fully saturated rings. The first-order chi connectivity index (χ1) is 15.4. The Labute approximate surface area is 183 Å². The molecular formula is C22H20N4O6. The maximum atomic E-state index is 11.6. The van der Waals surface area contributed by atoms with Crippen molar-refractivity contribution in [1.82, 2.24) is 0 Å². The van der Waals surface area contributed by atoms with Gasteiger partial charge in [-0.1, -0.05) is 35.9 Å². The van der Waals surface area contributed by atoms with Crippen LogP contribution in [0.2, 0.25) is 0 Å². The van der Waals surface area contributed by atoms with Crippen LogP contribution >= 0.6 is 0 Å². The van der Waals surface area contributed by atoms with Gasteiger partial charge in [-0.25, -0.2) is 0 Å². The molecule has 0 saturated heterocycles. The van der Waals surface area contributed by atoms with Crippen LogP contribution in [0, 0.1) is 27.2 Å². The van der Waals surface area contributed by atoms with Gasteiger partial charge in [-0.2, -0.15) is 5.10 Å². The average Bonchev–Trinajstić information content (AvgIpc) is 2.78. The second-order valence-corrected chi connectivity index (χ2v) is 6.78. The second-order valence-electron chi connectivity index (χ2n) is 6.78. The number of benzene rings is 3. The van der Waals surface area contributed by atoms with Gasteiger partial charge in [0.15, 0.2) is 5.75 Å². The number of nitrogens with zero attached hydrogens (tertiary/aromatic N) is 3. The Morgan fingerprint density at radius 3 is 2.44 bits per heavy atom. The standard InChI is InChI=1S/C22H20N4O6/c1-15-6-8-16(9-7-15)14-32-22-20(26(29)30)10-17(11-21(22)31-2)13-23-24-18-4-3-5-19(12-18)25(27)28/h3-13,24H,14H2,1-2H3. The number of ether oxygens (including phenoxy) is 2. The third kappa shape index (κ3) is 5.57. The summed E-state index contributed by atoms with van der Waals surface area (Å²) in [6, 6.07) is 16.3. The summed E-state index contributed by atoms with van der Waals surface area (Å²) in [7, 11) is 1.39. The van der Waals surface area contributed by atoms with Crippen LogP contribution in [0.15, 0.2) is 65.8 Å². The number of hydrogen-bond donors (Lipinski definition) is 1. The molecule has 0 spiro atoms. The lowest BCUT2D eigenvalue weighted by molar-refractivity contribution is -0.386. The molecule has 10 heteroatoms. The number of non-ortho nitro benzene ring substituents is 1. The first kappa shape index (κ1) is 22.2. The molecule has 0 atom stereocenters. The van der Waals surface area contributed by atoms with Crippen molar-refractivity contribution in [3.8, 4) is 11.5 Å². The van der Waals surface area contributed by atoms with E-state index in [2.05, 4.69) is 10.5 Å². The minimum absolute atomic E-state index is 0.0156. The van der Waals surface area contributed by atoms with E-state index in [9.17, 15) is 20.2 Å². The van der Waals surface area contributed by atoms with Gasteiger partial charge in [0.05, 0.1) is 28.9 Å². The van der Waals surface area contributed by atoms with Crippen LogP contribution in [0.5, 0.6) is 11.5 Å². The normalized spacial score (nSPS) is 10.7. The van der Waals surface area contributed by atoms with Crippen molar-refractivity contribution in [3.05, 3.63) is 97.6 Å². The molecular weight excluding hydrogens is 416 g/mol. The van der Waals surface area contributed by atoms with Gasteiger partial charge < -0.3 is 9.47 Å². The van der Waals surface area contributed by atoms with Crippen molar-refractivity contribution in [2.75, 3.05) is 12.5 Å². The van der Waals surface area contributed by atoms with Crippen molar-refractivity contribution >= 4 is 23.3 Å². The fourth-order valence-corrected chi connectivity index (χ4v) is 2.83. The molecule has 0 unspecified atom stereocenters. The number of anilines is 1. The molecule has 3 aromatic carbocycles. The van der Waals surface area contributed by atoms with Crippen molar-refractivity contribution < 1.29 is 19.3 Å². The predicted molar refractivity (Wildman–Crippen MR) is 119 cm³/mol. The number of nitro benzene ring substituents is 2. The Kier molecular flexibility index (Phi) is 6.96. The maximum Gasteiger partial charge on any atom is 0.315 e. The van der Waals surface area contributed by atoms with E-state index >= 15 is 0 Å². The number of rotatable bonds is 9. The van der Waals surface area contributed by atoms with Gasteiger partial charge >= 0.3 is 5.69 Å². The van der Waals surface area contributed by atoms with Gasteiger partial charge in [0.25, 0.3) is 5.69 Å². The van der Waals surface area contributed by atoms with Crippen LogP contribution in [0.25, 0.3) is 0 Å². The highest BCUT2D eigenvalue weighted by Crippen LogP contribution is 2.38. The number of nitro groups is 2. The van der Waals surface area contributed by atoms with Gasteiger partial charge in [-0.15, -0.1) is 0 Å². The summed E-state index contributed by atoms with van der Waals surface area (Å²) in [6.45, 7) is 2.10. The number of methoxy groups -OCH3 is 1. The molecule has 0 bridgehead atoms. The van der Waals surface area contributed by atoms with Crippen LogP contribution in [-0.4, -0.2) is 23.2 Å². The lowest BCUT2D eigenvalue weighted by Crippen LogP contribution is -2.03. The van der Waals surface area contributed by atoms with Gasteiger partial charge in [-0.3, -0.25) is 25.7 Å². The molecule has 32 heavy (non-hydrogen) atoms. The van der Waals surface area contributed by atoms with E-state index in [1.54, 1.807) is 12.1 Å². The zero-order chi connectivity index (χ0) is 23.1. The monoisotopic (exact) mass is 436 g/mol. The van der Waals surface area contributed by atoms with E-state index in [0.717, 1.165) is 11.1 Å². The Hall–Kier alpha value is -4.47. The fourth-order valence-electron chi connectivity index (χ4n) is 2.83. The first-order valence-electron chi connectivity index (χ1n) is 9.45. The van der Waals surface area contributed by atoms with Crippen LogP contribution in [0.3, 0.4) is 0 Å². The molecule has 1 N–H and O–H groups in total. The van der Waals surface area contributed by atoms with E-state index in [0.29, 0.717) is 11.3 Å². The van der Waals surface area contributed by atoms with Crippen molar-refractivity contribution in [2.24, 2.45) is 5.10 Å². The Balaban J connectivity index is 1.81. The topological polar surface area (TPSA) is 129 Å². The molecule has 0 aromatic heterocycles. The van der Waals surface area contributed by atoms with Gasteiger partial charge in [0.1, 0.15) is 6.61 Å².